The zero-order chi connectivity index (χ0) is 10.6. The van der Waals surface area contributed by atoms with Crippen LogP contribution >= 0.6 is 11.8 Å². The van der Waals surface area contributed by atoms with Crippen molar-refractivity contribution in [1.29, 1.82) is 0 Å². The second-order valence-electron chi connectivity index (χ2n) is 3.59. The van der Waals surface area contributed by atoms with Gasteiger partial charge in [0.15, 0.2) is 5.17 Å². The first-order valence-electron chi connectivity index (χ1n) is 4.84. The van der Waals surface area contributed by atoms with E-state index >= 15 is 0 Å². The summed E-state index contributed by atoms with van der Waals surface area (Å²) in [6, 6.07) is 0. The van der Waals surface area contributed by atoms with Gasteiger partial charge in [-0.15, -0.1) is 0 Å². The first kappa shape index (κ1) is 11.4. The third-order valence-electron chi connectivity index (χ3n) is 2.27. The summed E-state index contributed by atoms with van der Waals surface area (Å²) in [5.41, 5.74) is 1.13. The number of likely N-dealkylation sites (N-methyl/N-ethyl adjacent to an activating group) is 1. The van der Waals surface area contributed by atoms with Crippen LogP contribution in [0.4, 0.5) is 0 Å². The summed E-state index contributed by atoms with van der Waals surface area (Å²) < 4.78 is 0. The highest BCUT2D eigenvalue weighted by atomic mass is 32.2. The average Bonchev–Trinajstić information content (AvgIpc) is 2.18. The van der Waals surface area contributed by atoms with E-state index in [0.717, 1.165) is 24.0 Å². The van der Waals surface area contributed by atoms with Crippen molar-refractivity contribution >= 4 is 16.9 Å². The lowest BCUT2D eigenvalue weighted by Crippen LogP contribution is -2.37. The standard InChI is InChI=1S/C10H19N3S/c1-9(12(3)4)8-13-6-5-7-14-10(13)11-2/h1,5-8H2,2-4H3. The van der Waals surface area contributed by atoms with Gasteiger partial charge in [-0.1, -0.05) is 18.3 Å². The first-order chi connectivity index (χ1) is 6.65. The van der Waals surface area contributed by atoms with Gasteiger partial charge in [-0.2, -0.15) is 0 Å². The van der Waals surface area contributed by atoms with Crippen LogP contribution in [0.2, 0.25) is 0 Å². The molecule has 0 N–H and O–H groups in total. The van der Waals surface area contributed by atoms with E-state index < -0.39 is 0 Å². The maximum atomic E-state index is 4.29. The van der Waals surface area contributed by atoms with Gasteiger partial charge >= 0.3 is 0 Å². The fourth-order valence-corrected chi connectivity index (χ4v) is 2.24. The molecule has 0 bridgehead atoms. The smallest absolute Gasteiger partial charge is 0.159 e. The minimum Gasteiger partial charge on any atom is -0.380 e. The van der Waals surface area contributed by atoms with Crippen LogP contribution in [0.5, 0.6) is 0 Å². The fraction of sp³-hybridized carbons (Fsp3) is 0.700. The predicted octanol–water partition coefficient (Wildman–Crippen LogP) is 1.49. The maximum Gasteiger partial charge on any atom is 0.159 e. The number of rotatable bonds is 3. The molecule has 0 radical (unpaired) electrons. The quantitative estimate of drug-likeness (QED) is 0.708. The number of hydrogen-bond acceptors (Lipinski definition) is 3. The van der Waals surface area contributed by atoms with Crippen LogP contribution in [-0.2, 0) is 0 Å². The van der Waals surface area contributed by atoms with Crippen molar-refractivity contribution in [2.45, 2.75) is 6.42 Å². The Morgan fingerprint density at radius 2 is 2.36 bits per heavy atom. The van der Waals surface area contributed by atoms with Crippen LogP contribution in [0, 0.1) is 0 Å². The van der Waals surface area contributed by atoms with E-state index in [0.29, 0.717) is 0 Å². The van der Waals surface area contributed by atoms with Gasteiger partial charge in [0.1, 0.15) is 0 Å². The van der Waals surface area contributed by atoms with Crippen LogP contribution in [0.1, 0.15) is 6.42 Å². The Labute approximate surface area is 90.9 Å². The van der Waals surface area contributed by atoms with Gasteiger partial charge in [-0.25, -0.2) is 0 Å². The molecule has 0 amide bonds. The first-order valence-corrected chi connectivity index (χ1v) is 5.83. The van der Waals surface area contributed by atoms with E-state index in [2.05, 4.69) is 21.4 Å². The molecule has 1 saturated heterocycles. The summed E-state index contributed by atoms with van der Waals surface area (Å²) in [6.45, 7) is 6.04. The molecule has 1 aliphatic rings. The molecule has 0 aromatic heterocycles. The van der Waals surface area contributed by atoms with Gasteiger partial charge in [-0.05, 0) is 6.42 Å². The Morgan fingerprint density at radius 3 is 2.93 bits per heavy atom. The minimum atomic E-state index is 0.896. The van der Waals surface area contributed by atoms with E-state index in [9.17, 15) is 0 Å². The molecule has 80 valence electrons. The summed E-state index contributed by atoms with van der Waals surface area (Å²) in [5, 5.41) is 1.15. The fourth-order valence-electron chi connectivity index (χ4n) is 1.32. The summed E-state index contributed by atoms with van der Waals surface area (Å²) >= 11 is 1.84. The zero-order valence-electron chi connectivity index (χ0n) is 9.29. The van der Waals surface area contributed by atoms with E-state index in [1.165, 1.54) is 12.2 Å². The SMILES string of the molecule is C=C(CN1CCCSC1=NC)N(C)C. The van der Waals surface area contributed by atoms with Crippen LogP contribution in [-0.4, -0.2) is 55.0 Å². The van der Waals surface area contributed by atoms with Gasteiger partial charge in [0.2, 0.25) is 0 Å². The molecule has 1 rings (SSSR count). The largest absolute Gasteiger partial charge is 0.380 e. The molecule has 1 aliphatic heterocycles. The van der Waals surface area contributed by atoms with Crippen molar-refractivity contribution in [3.05, 3.63) is 12.3 Å². The molecule has 4 heteroatoms. The van der Waals surface area contributed by atoms with Gasteiger partial charge in [0, 0.05) is 39.1 Å². The molecule has 0 aromatic carbocycles. The minimum absolute atomic E-state index is 0.896. The Bertz CT molecular complexity index is 236. The highest BCUT2D eigenvalue weighted by Crippen LogP contribution is 2.18. The molecule has 0 saturated carbocycles. The van der Waals surface area contributed by atoms with E-state index in [1.54, 1.807) is 0 Å². The molecular weight excluding hydrogens is 194 g/mol. The molecule has 0 aliphatic carbocycles. The maximum absolute atomic E-state index is 4.29. The van der Waals surface area contributed by atoms with Gasteiger partial charge in [0.25, 0.3) is 0 Å². The Balaban J connectivity index is 2.53. The number of aliphatic imine (C=N–C) groups is 1. The van der Waals surface area contributed by atoms with E-state index in [4.69, 9.17) is 0 Å². The molecule has 0 aromatic rings. The molecule has 1 fully saturated rings. The predicted molar refractivity (Wildman–Crippen MR) is 64.8 cm³/mol. The highest BCUT2D eigenvalue weighted by molar-refractivity contribution is 8.13. The molecule has 14 heavy (non-hydrogen) atoms. The van der Waals surface area contributed by atoms with Crippen LogP contribution in [0.25, 0.3) is 0 Å². The van der Waals surface area contributed by atoms with Crippen molar-refractivity contribution in [3.8, 4) is 0 Å². The number of thioether (sulfide) groups is 1. The Morgan fingerprint density at radius 1 is 1.64 bits per heavy atom. The Kier molecular flexibility index (Phi) is 4.32. The molecule has 0 unspecified atom stereocenters. The van der Waals surface area contributed by atoms with Crippen molar-refractivity contribution in [2.24, 2.45) is 4.99 Å². The Hall–Kier alpha value is -0.640. The van der Waals surface area contributed by atoms with E-state index in [-0.39, 0.29) is 0 Å². The molecule has 3 nitrogen and oxygen atoms in total. The topological polar surface area (TPSA) is 18.8 Å². The lowest BCUT2D eigenvalue weighted by molar-refractivity contribution is 0.392. The third-order valence-corrected chi connectivity index (χ3v) is 3.46. The van der Waals surface area contributed by atoms with Crippen LogP contribution in [0.3, 0.4) is 0 Å². The van der Waals surface area contributed by atoms with Crippen molar-refractivity contribution in [1.82, 2.24) is 9.80 Å². The molecule has 0 atom stereocenters. The summed E-state index contributed by atoms with van der Waals surface area (Å²) in [7, 11) is 5.92. The average molecular weight is 213 g/mol. The highest BCUT2D eigenvalue weighted by Gasteiger charge is 2.17. The molecule has 0 spiro atoms. The van der Waals surface area contributed by atoms with Crippen molar-refractivity contribution in [3.63, 3.8) is 0 Å². The number of nitrogens with zero attached hydrogens (tertiary/aromatic N) is 3. The van der Waals surface area contributed by atoms with Gasteiger partial charge < -0.3 is 9.80 Å². The van der Waals surface area contributed by atoms with E-state index in [1.807, 2.05) is 32.9 Å². The van der Waals surface area contributed by atoms with Gasteiger partial charge in [-0.3, -0.25) is 4.99 Å². The van der Waals surface area contributed by atoms with Crippen molar-refractivity contribution in [2.75, 3.05) is 40.0 Å². The van der Waals surface area contributed by atoms with Crippen molar-refractivity contribution < 1.29 is 0 Å². The zero-order valence-corrected chi connectivity index (χ0v) is 10.1. The summed E-state index contributed by atoms with van der Waals surface area (Å²) in [6.07, 6.45) is 1.24. The molecular formula is C10H19N3S. The number of hydrogen-bond donors (Lipinski definition) is 0. The van der Waals surface area contributed by atoms with Gasteiger partial charge in [0.05, 0.1) is 6.54 Å². The second-order valence-corrected chi connectivity index (χ2v) is 4.65. The third kappa shape index (κ3) is 2.94. The summed E-state index contributed by atoms with van der Waals surface area (Å²) in [4.78, 5) is 8.65. The second kappa shape index (κ2) is 5.29. The lowest BCUT2D eigenvalue weighted by Gasteiger charge is -2.31. The van der Waals surface area contributed by atoms with Crippen LogP contribution < -0.4 is 0 Å². The number of amidine groups is 1. The summed E-state index contributed by atoms with van der Waals surface area (Å²) in [5.74, 6) is 1.19. The van der Waals surface area contributed by atoms with Crippen LogP contribution in [0.15, 0.2) is 17.3 Å². The normalized spacial score (nSPS) is 19.9. The lowest BCUT2D eigenvalue weighted by atomic mass is 10.3. The monoisotopic (exact) mass is 213 g/mol. The molecule has 1 heterocycles.